The number of rotatable bonds is 5. The number of benzene rings is 2. The highest BCUT2D eigenvalue weighted by Gasteiger charge is 2.40. The molecule has 0 spiro atoms. The molecule has 0 aromatic heterocycles. The van der Waals surface area contributed by atoms with E-state index in [1.165, 1.54) is 12.1 Å². The van der Waals surface area contributed by atoms with Gasteiger partial charge in [-0.1, -0.05) is 63.9 Å². The monoisotopic (exact) mass is 422 g/mol. The Bertz CT molecular complexity index is 1000. The molecule has 0 saturated carbocycles. The van der Waals surface area contributed by atoms with Crippen LogP contribution in [0.1, 0.15) is 71.3 Å². The summed E-state index contributed by atoms with van der Waals surface area (Å²) in [6.45, 7) is 9.69. The molecule has 0 aliphatic carbocycles. The molecule has 0 bridgehead atoms. The van der Waals surface area contributed by atoms with Crippen LogP contribution in [0.3, 0.4) is 0 Å². The molecule has 1 unspecified atom stereocenters. The molecule has 1 aliphatic rings. The van der Waals surface area contributed by atoms with Crippen molar-refractivity contribution < 1.29 is 24.0 Å². The molecule has 31 heavy (non-hydrogen) atoms. The predicted octanol–water partition coefficient (Wildman–Crippen LogP) is 3.49. The van der Waals surface area contributed by atoms with Gasteiger partial charge in [-0.05, 0) is 41.2 Å². The van der Waals surface area contributed by atoms with Crippen molar-refractivity contribution in [3.8, 4) is 0 Å². The summed E-state index contributed by atoms with van der Waals surface area (Å²) >= 11 is 0. The van der Waals surface area contributed by atoms with E-state index >= 15 is 0 Å². The van der Waals surface area contributed by atoms with Gasteiger partial charge in [0.25, 0.3) is 17.7 Å². The fraction of sp³-hybridized carbons (Fsp3) is 0.333. The Hall–Kier alpha value is -3.48. The molecule has 3 rings (SSSR count). The SMILES string of the molecule is CC(C)C(NC(=O)c1ccc(C(C)(C)C)cc1)C(=O)ON1C(=O)c2ccccc2C1=O. The zero-order valence-corrected chi connectivity index (χ0v) is 18.3. The van der Waals surface area contributed by atoms with E-state index in [9.17, 15) is 19.2 Å². The number of fused-ring (bicyclic) bond motifs is 1. The number of carbonyl (C=O) groups excluding carboxylic acids is 4. The Morgan fingerprint density at radius 3 is 1.87 bits per heavy atom. The van der Waals surface area contributed by atoms with Crippen LogP contribution in [0.4, 0.5) is 0 Å². The van der Waals surface area contributed by atoms with Crippen LogP contribution in [0.15, 0.2) is 48.5 Å². The highest BCUT2D eigenvalue weighted by Crippen LogP contribution is 2.24. The van der Waals surface area contributed by atoms with Crippen LogP contribution in [0.25, 0.3) is 0 Å². The minimum atomic E-state index is -1.04. The molecule has 1 atom stereocenters. The summed E-state index contributed by atoms with van der Waals surface area (Å²) in [5.41, 5.74) is 1.77. The second-order valence-corrected chi connectivity index (χ2v) is 8.88. The molecule has 2 aromatic carbocycles. The number of carbonyl (C=O) groups is 4. The van der Waals surface area contributed by atoms with Gasteiger partial charge < -0.3 is 10.2 Å². The Morgan fingerprint density at radius 1 is 0.903 bits per heavy atom. The Balaban J connectivity index is 1.72. The van der Waals surface area contributed by atoms with E-state index < -0.39 is 29.7 Å². The van der Waals surface area contributed by atoms with Crippen LogP contribution < -0.4 is 5.32 Å². The lowest BCUT2D eigenvalue weighted by Gasteiger charge is -2.23. The first-order valence-electron chi connectivity index (χ1n) is 10.1. The zero-order valence-electron chi connectivity index (χ0n) is 18.3. The van der Waals surface area contributed by atoms with Crippen molar-refractivity contribution in [2.45, 2.75) is 46.1 Å². The fourth-order valence-electron chi connectivity index (χ4n) is 3.24. The quantitative estimate of drug-likeness (QED) is 0.745. The molecule has 1 aliphatic heterocycles. The van der Waals surface area contributed by atoms with Gasteiger partial charge in [-0.25, -0.2) is 4.79 Å². The third-order valence-corrected chi connectivity index (χ3v) is 5.16. The third kappa shape index (κ3) is 4.50. The molecule has 162 valence electrons. The maximum absolute atomic E-state index is 12.8. The summed E-state index contributed by atoms with van der Waals surface area (Å²) in [5.74, 6) is -3.08. The van der Waals surface area contributed by atoms with E-state index in [2.05, 4.69) is 26.1 Å². The minimum Gasteiger partial charge on any atom is -0.338 e. The molecule has 0 radical (unpaired) electrons. The average Bonchev–Trinajstić information content (AvgIpc) is 2.96. The second kappa shape index (κ2) is 8.34. The van der Waals surface area contributed by atoms with Crippen molar-refractivity contribution >= 4 is 23.7 Å². The molecule has 1 heterocycles. The molecular formula is C24H26N2O5. The van der Waals surface area contributed by atoms with Crippen molar-refractivity contribution in [3.05, 3.63) is 70.8 Å². The maximum Gasteiger partial charge on any atom is 0.355 e. The van der Waals surface area contributed by atoms with Gasteiger partial charge in [0.1, 0.15) is 6.04 Å². The number of hydrogen-bond acceptors (Lipinski definition) is 5. The van der Waals surface area contributed by atoms with E-state index in [-0.39, 0.29) is 22.5 Å². The lowest BCUT2D eigenvalue weighted by molar-refractivity contribution is -0.172. The van der Waals surface area contributed by atoms with Gasteiger partial charge in [0.2, 0.25) is 0 Å². The van der Waals surface area contributed by atoms with Gasteiger partial charge in [0.15, 0.2) is 0 Å². The van der Waals surface area contributed by atoms with Gasteiger partial charge in [-0.15, -0.1) is 0 Å². The third-order valence-electron chi connectivity index (χ3n) is 5.16. The predicted molar refractivity (Wildman–Crippen MR) is 114 cm³/mol. The summed E-state index contributed by atoms with van der Waals surface area (Å²) < 4.78 is 0. The van der Waals surface area contributed by atoms with Crippen LogP contribution in [-0.2, 0) is 15.0 Å². The van der Waals surface area contributed by atoms with E-state index in [0.29, 0.717) is 10.6 Å². The summed E-state index contributed by atoms with van der Waals surface area (Å²) in [6.07, 6.45) is 0. The molecule has 7 nitrogen and oxygen atoms in total. The fourth-order valence-corrected chi connectivity index (χ4v) is 3.24. The summed E-state index contributed by atoms with van der Waals surface area (Å²) in [5, 5.41) is 3.10. The summed E-state index contributed by atoms with van der Waals surface area (Å²) in [4.78, 5) is 55.4. The summed E-state index contributed by atoms with van der Waals surface area (Å²) in [7, 11) is 0. The van der Waals surface area contributed by atoms with Gasteiger partial charge in [-0.2, -0.15) is 0 Å². The summed E-state index contributed by atoms with van der Waals surface area (Å²) in [6, 6.07) is 12.3. The van der Waals surface area contributed by atoms with Crippen LogP contribution in [0.5, 0.6) is 0 Å². The van der Waals surface area contributed by atoms with Gasteiger partial charge >= 0.3 is 5.97 Å². The minimum absolute atomic E-state index is 0.0499. The number of nitrogens with one attached hydrogen (secondary N) is 1. The largest absolute Gasteiger partial charge is 0.355 e. The number of imide groups is 1. The standard InChI is InChI=1S/C24H26N2O5/c1-14(2)19(25-20(27)15-10-12-16(13-11-15)24(3,4)5)23(30)31-26-21(28)17-8-6-7-9-18(17)22(26)29/h6-14,19H,1-5H3,(H,25,27). The highest BCUT2D eigenvalue weighted by molar-refractivity contribution is 6.21. The molecule has 3 amide bonds. The Morgan fingerprint density at radius 2 is 1.42 bits per heavy atom. The van der Waals surface area contributed by atoms with E-state index in [4.69, 9.17) is 4.84 Å². The van der Waals surface area contributed by atoms with Gasteiger partial charge in [0, 0.05) is 5.56 Å². The lowest BCUT2D eigenvalue weighted by Crippen LogP contribution is -2.48. The van der Waals surface area contributed by atoms with E-state index in [1.807, 2.05) is 12.1 Å². The normalized spacial score (nSPS) is 14.5. The van der Waals surface area contributed by atoms with Gasteiger partial charge in [0.05, 0.1) is 11.1 Å². The van der Waals surface area contributed by atoms with Crippen LogP contribution >= 0.6 is 0 Å². The van der Waals surface area contributed by atoms with Crippen molar-refractivity contribution in [2.24, 2.45) is 5.92 Å². The van der Waals surface area contributed by atoms with Crippen molar-refractivity contribution in [1.82, 2.24) is 10.4 Å². The zero-order chi connectivity index (χ0) is 22.9. The molecule has 0 saturated heterocycles. The number of nitrogens with zero attached hydrogens (tertiary/aromatic N) is 1. The van der Waals surface area contributed by atoms with Crippen LogP contribution in [-0.4, -0.2) is 34.8 Å². The molecular weight excluding hydrogens is 396 g/mol. The smallest absolute Gasteiger partial charge is 0.338 e. The number of amides is 3. The highest BCUT2D eigenvalue weighted by atomic mass is 16.7. The van der Waals surface area contributed by atoms with Crippen molar-refractivity contribution in [3.63, 3.8) is 0 Å². The van der Waals surface area contributed by atoms with Crippen molar-refractivity contribution in [2.75, 3.05) is 0 Å². The first-order valence-corrected chi connectivity index (χ1v) is 10.1. The lowest BCUT2D eigenvalue weighted by atomic mass is 9.86. The molecule has 0 fully saturated rings. The molecule has 1 N–H and O–H groups in total. The first-order chi connectivity index (χ1) is 14.5. The first kappa shape index (κ1) is 22.2. The Kier molecular flexibility index (Phi) is 5.97. The topological polar surface area (TPSA) is 92.8 Å². The molecule has 7 heteroatoms. The Labute approximate surface area is 181 Å². The van der Waals surface area contributed by atoms with E-state index in [1.54, 1.807) is 38.1 Å². The average molecular weight is 422 g/mol. The van der Waals surface area contributed by atoms with Gasteiger partial charge in [-0.3, -0.25) is 14.4 Å². The second-order valence-electron chi connectivity index (χ2n) is 8.88. The maximum atomic E-state index is 12.8. The number of hydroxylamine groups is 2. The van der Waals surface area contributed by atoms with Crippen LogP contribution in [0, 0.1) is 5.92 Å². The van der Waals surface area contributed by atoms with Crippen LogP contribution in [0.2, 0.25) is 0 Å². The van der Waals surface area contributed by atoms with Crippen molar-refractivity contribution in [1.29, 1.82) is 0 Å². The number of hydrogen-bond donors (Lipinski definition) is 1. The van der Waals surface area contributed by atoms with E-state index in [0.717, 1.165) is 5.56 Å². The molecule has 2 aromatic rings.